The quantitative estimate of drug-likeness (QED) is 0.913. The molecule has 2 rings (SSSR count). The van der Waals surface area contributed by atoms with Crippen LogP contribution in [0.1, 0.15) is 29.7 Å². The fourth-order valence-electron chi connectivity index (χ4n) is 2.11. The van der Waals surface area contributed by atoms with E-state index >= 15 is 0 Å². The van der Waals surface area contributed by atoms with Crippen molar-refractivity contribution in [2.45, 2.75) is 26.3 Å². The van der Waals surface area contributed by atoms with E-state index in [4.69, 9.17) is 0 Å². The number of benzene rings is 2. The van der Waals surface area contributed by atoms with Gasteiger partial charge >= 0.3 is 0 Å². The molecule has 21 heavy (non-hydrogen) atoms. The molecule has 1 N–H and O–H groups in total. The van der Waals surface area contributed by atoms with Crippen LogP contribution in [0.4, 0.5) is 8.78 Å². The average molecular weight is 289 g/mol. The second-order valence-electron chi connectivity index (χ2n) is 5.12. The van der Waals surface area contributed by atoms with E-state index < -0.39 is 17.7 Å². The lowest BCUT2D eigenvalue weighted by Gasteiger charge is -2.15. The molecule has 0 aliphatic heterocycles. The minimum absolute atomic E-state index is 0.199. The van der Waals surface area contributed by atoms with Gasteiger partial charge in [-0.3, -0.25) is 4.79 Å². The highest BCUT2D eigenvalue weighted by molar-refractivity contribution is 5.79. The van der Waals surface area contributed by atoms with E-state index in [1.807, 2.05) is 31.2 Å². The maximum Gasteiger partial charge on any atom is 0.224 e. The molecular weight excluding hydrogens is 272 g/mol. The number of hydrogen-bond acceptors (Lipinski definition) is 1. The summed E-state index contributed by atoms with van der Waals surface area (Å²) in [5, 5.41) is 2.72. The highest BCUT2D eigenvalue weighted by atomic mass is 19.1. The van der Waals surface area contributed by atoms with Gasteiger partial charge < -0.3 is 5.32 Å². The van der Waals surface area contributed by atoms with Crippen molar-refractivity contribution in [2.24, 2.45) is 0 Å². The molecule has 0 aliphatic rings. The summed E-state index contributed by atoms with van der Waals surface area (Å²) in [6, 6.07) is 10.5. The van der Waals surface area contributed by atoms with Gasteiger partial charge in [-0.15, -0.1) is 0 Å². The third-order valence-electron chi connectivity index (χ3n) is 3.29. The summed E-state index contributed by atoms with van der Waals surface area (Å²) in [5.74, 6) is -1.48. The molecule has 0 saturated heterocycles. The normalized spacial score (nSPS) is 12.0. The Kier molecular flexibility index (Phi) is 4.68. The maximum absolute atomic E-state index is 13.6. The summed E-state index contributed by atoms with van der Waals surface area (Å²) in [6.45, 7) is 3.65. The Morgan fingerprint density at radius 1 is 1.14 bits per heavy atom. The minimum atomic E-state index is -0.655. The number of aryl methyl sites for hydroxylation is 1. The standard InChI is InChI=1S/C17H17F2NO/c1-11-3-5-13(6-4-11)9-17(21)20-12(2)15-8-7-14(18)10-16(15)19/h3-8,10,12H,9H2,1-2H3,(H,20,21)/t12-/m1/s1. The van der Waals surface area contributed by atoms with Crippen LogP contribution in [0.3, 0.4) is 0 Å². The van der Waals surface area contributed by atoms with Crippen LogP contribution in [0.25, 0.3) is 0 Å². The van der Waals surface area contributed by atoms with Gasteiger partial charge in [0.2, 0.25) is 5.91 Å². The molecule has 0 fully saturated rings. The summed E-state index contributed by atoms with van der Waals surface area (Å²) in [7, 11) is 0. The van der Waals surface area contributed by atoms with Crippen molar-refractivity contribution in [3.63, 3.8) is 0 Å². The van der Waals surface area contributed by atoms with E-state index in [1.165, 1.54) is 12.1 Å². The van der Waals surface area contributed by atoms with Crippen LogP contribution < -0.4 is 5.32 Å². The Balaban J connectivity index is 2.00. The molecule has 1 atom stereocenters. The number of hydrogen-bond donors (Lipinski definition) is 1. The number of carbonyl (C=O) groups excluding carboxylic acids is 1. The van der Waals surface area contributed by atoms with Crippen molar-refractivity contribution in [1.29, 1.82) is 0 Å². The zero-order chi connectivity index (χ0) is 15.4. The van der Waals surface area contributed by atoms with E-state index in [0.717, 1.165) is 17.2 Å². The average Bonchev–Trinajstić information content (AvgIpc) is 2.41. The van der Waals surface area contributed by atoms with E-state index in [9.17, 15) is 13.6 Å². The maximum atomic E-state index is 13.6. The van der Waals surface area contributed by atoms with E-state index in [2.05, 4.69) is 5.32 Å². The second-order valence-corrected chi connectivity index (χ2v) is 5.12. The molecule has 4 heteroatoms. The van der Waals surface area contributed by atoms with Crippen LogP contribution in [0.2, 0.25) is 0 Å². The molecule has 2 nitrogen and oxygen atoms in total. The molecule has 2 aromatic carbocycles. The minimum Gasteiger partial charge on any atom is -0.349 e. The Hall–Kier alpha value is -2.23. The van der Waals surface area contributed by atoms with Gasteiger partial charge in [-0.2, -0.15) is 0 Å². The predicted octanol–water partition coefficient (Wildman–Crippen LogP) is 3.69. The fraction of sp³-hybridized carbons (Fsp3) is 0.235. The third-order valence-corrected chi connectivity index (χ3v) is 3.29. The summed E-state index contributed by atoms with van der Waals surface area (Å²) < 4.78 is 26.5. The van der Waals surface area contributed by atoms with Crippen molar-refractivity contribution in [2.75, 3.05) is 0 Å². The highest BCUT2D eigenvalue weighted by Crippen LogP contribution is 2.17. The van der Waals surface area contributed by atoms with Gasteiger partial charge in [-0.1, -0.05) is 35.9 Å². The Morgan fingerprint density at radius 2 is 1.81 bits per heavy atom. The summed E-state index contributed by atoms with van der Waals surface area (Å²) in [4.78, 5) is 12.0. The van der Waals surface area contributed by atoms with Crippen LogP contribution in [0.15, 0.2) is 42.5 Å². The number of halogens is 2. The molecule has 2 aromatic rings. The first kappa shape index (κ1) is 15.2. The molecule has 0 spiro atoms. The van der Waals surface area contributed by atoms with E-state index in [-0.39, 0.29) is 17.9 Å². The van der Waals surface area contributed by atoms with Crippen molar-refractivity contribution in [3.8, 4) is 0 Å². The van der Waals surface area contributed by atoms with Crippen molar-refractivity contribution in [1.82, 2.24) is 5.32 Å². The molecule has 0 aliphatic carbocycles. The zero-order valence-electron chi connectivity index (χ0n) is 12.0. The Labute approximate surface area is 122 Å². The van der Waals surface area contributed by atoms with Gasteiger partial charge in [-0.25, -0.2) is 8.78 Å². The first-order chi connectivity index (χ1) is 9.95. The smallest absolute Gasteiger partial charge is 0.224 e. The first-order valence-corrected chi connectivity index (χ1v) is 6.75. The van der Waals surface area contributed by atoms with Crippen LogP contribution in [0, 0.1) is 18.6 Å². The number of carbonyl (C=O) groups is 1. The van der Waals surface area contributed by atoms with Crippen molar-refractivity contribution in [3.05, 3.63) is 70.8 Å². The monoisotopic (exact) mass is 289 g/mol. The lowest BCUT2D eigenvalue weighted by Crippen LogP contribution is -2.28. The number of nitrogens with one attached hydrogen (secondary N) is 1. The molecular formula is C17H17F2NO. The third kappa shape index (κ3) is 4.12. The summed E-state index contributed by atoms with van der Waals surface area (Å²) in [5.41, 5.74) is 2.29. The Morgan fingerprint density at radius 3 is 2.43 bits per heavy atom. The molecule has 1 amide bonds. The van der Waals surface area contributed by atoms with Gasteiger partial charge in [0, 0.05) is 11.6 Å². The zero-order valence-corrected chi connectivity index (χ0v) is 12.0. The van der Waals surface area contributed by atoms with Crippen LogP contribution >= 0.6 is 0 Å². The second kappa shape index (κ2) is 6.48. The van der Waals surface area contributed by atoms with Crippen LogP contribution in [0.5, 0.6) is 0 Å². The summed E-state index contributed by atoms with van der Waals surface area (Å²) in [6.07, 6.45) is 0.230. The first-order valence-electron chi connectivity index (χ1n) is 6.75. The lowest BCUT2D eigenvalue weighted by molar-refractivity contribution is -0.121. The predicted molar refractivity (Wildman–Crippen MR) is 77.8 cm³/mol. The molecule has 0 heterocycles. The molecule has 0 radical (unpaired) electrons. The topological polar surface area (TPSA) is 29.1 Å². The van der Waals surface area contributed by atoms with Gasteiger partial charge in [0.15, 0.2) is 0 Å². The van der Waals surface area contributed by atoms with Crippen molar-refractivity contribution >= 4 is 5.91 Å². The van der Waals surface area contributed by atoms with E-state index in [0.29, 0.717) is 0 Å². The lowest BCUT2D eigenvalue weighted by atomic mass is 10.1. The number of rotatable bonds is 4. The Bertz CT molecular complexity index is 638. The molecule has 0 saturated carbocycles. The fourth-order valence-corrected chi connectivity index (χ4v) is 2.11. The van der Waals surface area contributed by atoms with Gasteiger partial charge in [0.05, 0.1) is 12.5 Å². The van der Waals surface area contributed by atoms with Crippen LogP contribution in [-0.4, -0.2) is 5.91 Å². The van der Waals surface area contributed by atoms with Gasteiger partial charge in [-0.05, 0) is 25.5 Å². The molecule has 110 valence electrons. The SMILES string of the molecule is Cc1ccc(CC(=O)N[C@H](C)c2ccc(F)cc2F)cc1. The van der Waals surface area contributed by atoms with E-state index in [1.54, 1.807) is 6.92 Å². The largest absolute Gasteiger partial charge is 0.349 e. The van der Waals surface area contributed by atoms with Crippen LogP contribution in [-0.2, 0) is 11.2 Å². The number of amides is 1. The van der Waals surface area contributed by atoms with Gasteiger partial charge in [0.1, 0.15) is 11.6 Å². The van der Waals surface area contributed by atoms with Crippen molar-refractivity contribution < 1.29 is 13.6 Å². The molecule has 0 unspecified atom stereocenters. The molecule has 0 aromatic heterocycles. The summed E-state index contributed by atoms with van der Waals surface area (Å²) >= 11 is 0. The molecule has 0 bridgehead atoms. The highest BCUT2D eigenvalue weighted by Gasteiger charge is 2.14. The van der Waals surface area contributed by atoms with Gasteiger partial charge in [0.25, 0.3) is 0 Å².